The topological polar surface area (TPSA) is 72.9 Å². The number of amides is 2. The molecule has 0 aromatic heterocycles. The molecule has 0 bridgehead atoms. The smallest absolute Gasteiger partial charge is 0.326 e. The fourth-order valence-corrected chi connectivity index (χ4v) is 2.99. The highest BCUT2D eigenvalue weighted by Gasteiger charge is 2.36. The largest absolute Gasteiger partial charge is 0.496 e. The number of benzene rings is 1. The standard InChI is InChI=1S/C18H21NO5S/c1-11(2)10-24-16(20)9-19-17(21)15(25-18(19)22)8-13-6-5-12(3)14(7-13)23-4/h5-8,11H,9-10H2,1-4H3/b15-8+. The Hall–Kier alpha value is -2.28. The maximum atomic E-state index is 12.4. The molecular formula is C18H21NO5S. The molecule has 6 nitrogen and oxygen atoms in total. The second-order valence-corrected chi connectivity index (χ2v) is 7.07. The summed E-state index contributed by atoms with van der Waals surface area (Å²) in [5, 5.41) is -0.475. The lowest BCUT2D eigenvalue weighted by atomic mass is 10.1. The average molecular weight is 363 g/mol. The van der Waals surface area contributed by atoms with Gasteiger partial charge in [0.25, 0.3) is 11.1 Å². The van der Waals surface area contributed by atoms with Crippen molar-refractivity contribution in [2.75, 3.05) is 20.3 Å². The summed E-state index contributed by atoms with van der Waals surface area (Å²) in [5.74, 6) is -0.189. The van der Waals surface area contributed by atoms with Crippen molar-refractivity contribution in [2.24, 2.45) is 5.92 Å². The van der Waals surface area contributed by atoms with E-state index < -0.39 is 17.1 Å². The van der Waals surface area contributed by atoms with Crippen LogP contribution in [0.5, 0.6) is 5.75 Å². The third-order valence-electron chi connectivity index (χ3n) is 3.47. The van der Waals surface area contributed by atoms with Gasteiger partial charge < -0.3 is 9.47 Å². The molecular weight excluding hydrogens is 342 g/mol. The maximum Gasteiger partial charge on any atom is 0.326 e. The Labute approximate surface area is 151 Å². The number of esters is 1. The van der Waals surface area contributed by atoms with Gasteiger partial charge in [0.2, 0.25) is 0 Å². The van der Waals surface area contributed by atoms with Crippen LogP contribution in [-0.2, 0) is 14.3 Å². The molecule has 0 saturated carbocycles. The molecule has 1 aliphatic rings. The lowest BCUT2D eigenvalue weighted by molar-refractivity contribution is -0.147. The third kappa shape index (κ3) is 4.85. The first-order valence-corrected chi connectivity index (χ1v) is 8.69. The van der Waals surface area contributed by atoms with Crippen molar-refractivity contribution in [2.45, 2.75) is 20.8 Å². The highest BCUT2D eigenvalue weighted by atomic mass is 32.2. The second kappa shape index (κ2) is 8.20. The fourth-order valence-electron chi connectivity index (χ4n) is 2.15. The van der Waals surface area contributed by atoms with E-state index >= 15 is 0 Å². The van der Waals surface area contributed by atoms with Gasteiger partial charge in [-0.05, 0) is 47.9 Å². The number of thioether (sulfide) groups is 1. The highest BCUT2D eigenvalue weighted by molar-refractivity contribution is 8.18. The third-order valence-corrected chi connectivity index (χ3v) is 4.38. The molecule has 1 aromatic carbocycles. The van der Waals surface area contributed by atoms with E-state index in [1.165, 1.54) is 0 Å². The number of hydrogen-bond acceptors (Lipinski definition) is 6. The predicted octanol–water partition coefficient (Wildman–Crippen LogP) is 3.24. The van der Waals surface area contributed by atoms with E-state index in [0.29, 0.717) is 5.75 Å². The van der Waals surface area contributed by atoms with E-state index in [4.69, 9.17) is 9.47 Å². The Bertz CT molecular complexity index is 726. The minimum atomic E-state index is -0.589. The summed E-state index contributed by atoms with van der Waals surface area (Å²) < 4.78 is 10.3. The number of methoxy groups -OCH3 is 1. The van der Waals surface area contributed by atoms with Crippen LogP contribution in [0.2, 0.25) is 0 Å². The number of carbonyl (C=O) groups is 3. The molecule has 0 N–H and O–H groups in total. The Kier molecular flexibility index (Phi) is 6.25. The number of carbonyl (C=O) groups excluding carboxylic acids is 3. The molecule has 0 spiro atoms. The van der Waals surface area contributed by atoms with Crippen LogP contribution in [0.25, 0.3) is 6.08 Å². The molecule has 0 unspecified atom stereocenters. The normalized spacial score (nSPS) is 16.0. The van der Waals surface area contributed by atoms with Gasteiger partial charge in [-0.15, -0.1) is 0 Å². The first-order chi connectivity index (χ1) is 11.8. The van der Waals surface area contributed by atoms with Gasteiger partial charge in [-0.25, -0.2) is 0 Å². The van der Waals surface area contributed by atoms with Gasteiger partial charge in [-0.1, -0.05) is 26.0 Å². The summed E-state index contributed by atoms with van der Waals surface area (Å²) in [7, 11) is 1.57. The molecule has 1 fully saturated rings. The number of hydrogen-bond donors (Lipinski definition) is 0. The van der Waals surface area contributed by atoms with E-state index in [0.717, 1.165) is 27.8 Å². The van der Waals surface area contributed by atoms with Crippen molar-refractivity contribution < 1.29 is 23.9 Å². The van der Waals surface area contributed by atoms with Crippen LogP contribution in [0.15, 0.2) is 23.1 Å². The molecule has 2 amide bonds. The van der Waals surface area contributed by atoms with Gasteiger partial charge in [0, 0.05) is 0 Å². The Morgan fingerprint density at radius 1 is 1.32 bits per heavy atom. The van der Waals surface area contributed by atoms with Crippen LogP contribution in [-0.4, -0.2) is 42.3 Å². The Balaban J connectivity index is 2.11. The maximum absolute atomic E-state index is 12.4. The van der Waals surface area contributed by atoms with Crippen LogP contribution < -0.4 is 4.74 Å². The monoisotopic (exact) mass is 363 g/mol. The van der Waals surface area contributed by atoms with Crippen molar-refractivity contribution in [3.8, 4) is 5.75 Å². The first kappa shape index (κ1) is 19.1. The number of rotatable bonds is 6. The van der Waals surface area contributed by atoms with Crippen molar-refractivity contribution in [3.05, 3.63) is 34.2 Å². The van der Waals surface area contributed by atoms with Gasteiger partial charge in [-0.3, -0.25) is 19.3 Å². The molecule has 1 saturated heterocycles. The van der Waals surface area contributed by atoms with Gasteiger partial charge in [0.05, 0.1) is 18.6 Å². The molecule has 2 rings (SSSR count). The SMILES string of the molecule is COc1cc(/C=C2/SC(=O)N(CC(=O)OCC(C)C)C2=O)ccc1C. The lowest BCUT2D eigenvalue weighted by Gasteiger charge is -2.12. The molecule has 0 radical (unpaired) electrons. The summed E-state index contributed by atoms with van der Waals surface area (Å²) in [6, 6.07) is 5.50. The summed E-state index contributed by atoms with van der Waals surface area (Å²) in [6.07, 6.45) is 1.62. The number of aryl methyl sites for hydroxylation is 1. The molecule has 7 heteroatoms. The number of nitrogens with zero attached hydrogens (tertiary/aromatic N) is 1. The molecule has 1 aromatic rings. The number of imide groups is 1. The van der Waals surface area contributed by atoms with E-state index in [-0.39, 0.29) is 24.0 Å². The molecule has 0 aliphatic carbocycles. The molecule has 134 valence electrons. The van der Waals surface area contributed by atoms with E-state index in [1.54, 1.807) is 19.3 Å². The van der Waals surface area contributed by atoms with Crippen LogP contribution >= 0.6 is 11.8 Å². The average Bonchev–Trinajstić information content (AvgIpc) is 2.82. The molecule has 25 heavy (non-hydrogen) atoms. The van der Waals surface area contributed by atoms with E-state index in [1.807, 2.05) is 32.9 Å². The quantitative estimate of drug-likeness (QED) is 0.571. The zero-order valence-corrected chi connectivity index (χ0v) is 15.5. The van der Waals surface area contributed by atoms with E-state index in [9.17, 15) is 14.4 Å². The van der Waals surface area contributed by atoms with Crippen LogP contribution in [0.4, 0.5) is 4.79 Å². The minimum Gasteiger partial charge on any atom is -0.496 e. The van der Waals surface area contributed by atoms with Crippen LogP contribution in [0.3, 0.4) is 0 Å². The van der Waals surface area contributed by atoms with E-state index in [2.05, 4.69) is 0 Å². The van der Waals surface area contributed by atoms with Crippen molar-refractivity contribution >= 4 is 35.0 Å². The van der Waals surface area contributed by atoms with Crippen molar-refractivity contribution in [1.29, 1.82) is 0 Å². The van der Waals surface area contributed by atoms with Gasteiger partial charge >= 0.3 is 5.97 Å². The zero-order chi connectivity index (χ0) is 18.6. The minimum absolute atomic E-state index is 0.190. The van der Waals surface area contributed by atoms with Gasteiger partial charge in [-0.2, -0.15) is 0 Å². The lowest BCUT2D eigenvalue weighted by Crippen LogP contribution is -2.34. The number of ether oxygens (including phenoxy) is 2. The van der Waals surface area contributed by atoms with Crippen LogP contribution in [0.1, 0.15) is 25.0 Å². The molecule has 1 aliphatic heterocycles. The van der Waals surface area contributed by atoms with Crippen LogP contribution in [0, 0.1) is 12.8 Å². The zero-order valence-electron chi connectivity index (χ0n) is 14.7. The highest BCUT2D eigenvalue weighted by Crippen LogP contribution is 2.32. The summed E-state index contributed by atoms with van der Waals surface area (Å²) in [5.41, 5.74) is 1.72. The predicted molar refractivity (Wildman–Crippen MR) is 96.2 cm³/mol. The van der Waals surface area contributed by atoms with Gasteiger partial charge in [0.15, 0.2) is 0 Å². The second-order valence-electron chi connectivity index (χ2n) is 6.07. The summed E-state index contributed by atoms with van der Waals surface area (Å²) in [4.78, 5) is 37.4. The van der Waals surface area contributed by atoms with Crippen molar-refractivity contribution in [1.82, 2.24) is 4.90 Å². The fraction of sp³-hybridized carbons (Fsp3) is 0.389. The first-order valence-electron chi connectivity index (χ1n) is 7.87. The summed E-state index contributed by atoms with van der Waals surface area (Å²) >= 11 is 0.811. The molecule has 1 heterocycles. The van der Waals surface area contributed by atoms with Gasteiger partial charge in [0.1, 0.15) is 12.3 Å². The summed E-state index contributed by atoms with van der Waals surface area (Å²) in [6.45, 7) is 5.62. The Morgan fingerprint density at radius 2 is 2.04 bits per heavy atom. The molecule has 0 atom stereocenters. The van der Waals surface area contributed by atoms with Crippen molar-refractivity contribution in [3.63, 3.8) is 0 Å². The Morgan fingerprint density at radius 3 is 2.68 bits per heavy atom.